The van der Waals surface area contributed by atoms with E-state index < -0.39 is 5.82 Å². The first-order valence-electron chi connectivity index (χ1n) is 7.95. The SMILES string of the molecule is Cc1cc(C(=O)NCCNc2cccc(F)c2C#N)c2c(C)noc2n1. The van der Waals surface area contributed by atoms with Crippen LogP contribution in [0.4, 0.5) is 10.1 Å². The lowest BCUT2D eigenvalue weighted by Gasteiger charge is -2.10. The fourth-order valence-corrected chi connectivity index (χ4v) is 2.65. The van der Waals surface area contributed by atoms with E-state index in [-0.39, 0.29) is 18.0 Å². The third-order valence-electron chi connectivity index (χ3n) is 3.84. The summed E-state index contributed by atoms with van der Waals surface area (Å²) in [5, 5.41) is 19.2. The van der Waals surface area contributed by atoms with Gasteiger partial charge in [0.15, 0.2) is 0 Å². The summed E-state index contributed by atoms with van der Waals surface area (Å²) >= 11 is 0. The van der Waals surface area contributed by atoms with Crippen molar-refractivity contribution in [3.05, 3.63) is 52.6 Å². The van der Waals surface area contributed by atoms with Gasteiger partial charge in [0.2, 0.25) is 0 Å². The molecule has 7 nitrogen and oxygen atoms in total. The zero-order valence-electron chi connectivity index (χ0n) is 14.3. The molecule has 8 heteroatoms. The van der Waals surface area contributed by atoms with Gasteiger partial charge in [-0.1, -0.05) is 11.2 Å². The maximum atomic E-state index is 13.5. The fraction of sp³-hybridized carbons (Fsp3) is 0.222. The standard InChI is InChI=1S/C18H16FN5O2/c1-10-8-12(16-11(2)24-26-18(16)23-10)17(25)22-7-6-21-15-5-3-4-14(19)13(15)9-20/h3-5,8,21H,6-7H2,1-2H3,(H,22,25). The number of nitrogens with one attached hydrogen (secondary N) is 2. The molecule has 0 unspecified atom stereocenters. The Kier molecular flexibility index (Phi) is 4.80. The molecule has 0 spiro atoms. The summed E-state index contributed by atoms with van der Waals surface area (Å²) < 4.78 is 18.7. The number of hydrogen-bond donors (Lipinski definition) is 2. The van der Waals surface area contributed by atoms with Gasteiger partial charge in [0, 0.05) is 18.8 Å². The second-order valence-corrected chi connectivity index (χ2v) is 5.72. The van der Waals surface area contributed by atoms with E-state index in [2.05, 4.69) is 20.8 Å². The van der Waals surface area contributed by atoms with E-state index >= 15 is 0 Å². The normalized spacial score (nSPS) is 10.5. The van der Waals surface area contributed by atoms with E-state index in [4.69, 9.17) is 9.78 Å². The maximum absolute atomic E-state index is 13.5. The first-order valence-corrected chi connectivity index (χ1v) is 7.95. The van der Waals surface area contributed by atoms with Crippen molar-refractivity contribution in [3.63, 3.8) is 0 Å². The second kappa shape index (κ2) is 7.19. The Morgan fingerprint density at radius 2 is 2.15 bits per heavy atom. The van der Waals surface area contributed by atoms with Crippen molar-refractivity contribution in [2.45, 2.75) is 13.8 Å². The van der Waals surface area contributed by atoms with Crippen molar-refractivity contribution in [1.29, 1.82) is 5.26 Å². The molecule has 2 N–H and O–H groups in total. The summed E-state index contributed by atoms with van der Waals surface area (Å²) in [7, 11) is 0. The van der Waals surface area contributed by atoms with E-state index in [1.54, 1.807) is 26.0 Å². The molecule has 0 bridgehead atoms. The monoisotopic (exact) mass is 353 g/mol. The summed E-state index contributed by atoms with van der Waals surface area (Å²) in [5.41, 5.74) is 2.34. The van der Waals surface area contributed by atoms with Crippen LogP contribution >= 0.6 is 0 Å². The van der Waals surface area contributed by atoms with Gasteiger partial charge in [-0.05, 0) is 32.0 Å². The van der Waals surface area contributed by atoms with Gasteiger partial charge in [0.05, 0.1) is 22.3 Å². The molecule has 3 aromatic rings. The molecule has 2 heterocycles. The van der Waals surface area contributed by atoms with Gasteiger partial charge >= 0.3 is 0 Å². The lowest BCUT2D eigenvalue weighted by atomic mass is 10.1. The van der Waals surface area contributed by atoms with Crippen molar-refractivity contribution in [2.24, 2.45) is 0 Å². The number of aryl methyl sites for hydroxylation is 2. The molecule has 0 saturated carbocycles. The van der Waals surface area contributed by atoms with Crippen LogP contribution in [0.5, 0.6) is 0 Å². The molecule has 1 amide bonds. The highest BCUT2D eigenvalue weighted by Gasteiger charge is 2.17. The number of carbonyl (C=O) groups excluding carboxylic acids is 1. The Hall–Kier alpha value is -3.47. The molecule has 26 heavy (non-hydrogen) atoms. The largest absolute Gasteiger partial charge is 0.382 e. The highest BCUT2D eigenvalue weighted by atomic mass is 19.1. The molecule has 0 radical (unpaired) electrons. The van der Waals surface area contributed by atoms with Gasteiger partial charge in [-0.3, -0.25) is 4.79 Å². The van der Waals surface area contributed by atoms with Gasteiger partial charge < -0.3 is 15.2 Å². The minimum Gasteiger partial charge on any atom is -0.382 e. The molecule has 2 aromatic heterocycles. The lowest BCUT2D eigenvalue weighted by molar-refractivity contribution is 0.0956. The first kappa shape index (κ1) is 17.4. The number of amides is 1. The van der Waals surface area contributed by atoms with Gasteiger partial charge in [-0.15, -0.1) is 0 Å². The number of halogens is 1. The Labute approximate surface area is 148 Å². The number of fused-ring (bicyclic) bond motifs is 1. The summed E-state index contributed by atoms with van der Waals surface area (Å²) in [5.74, 6) is -0.868. The van der Waals surface area contributed by atoms with Crippen LogP contribution in [0.15, 0.2) is 28.8 Å². The molecule has 0 aliphatic rings. The van der Waals surface area contributed by atoms with E-state index in [1.807, 2.05) is 6.07 Å². The number of benzene rings is 1. The summed E-state index contributed by atoms with van der Waals surface area (Å²) in [6.07, 6.45) is 0. The lowest BCUT2D eigenvalue weighted by Crippen LogP contribution is -2.29. The second-order valence-electron chi connectivity index (χ2n) is 5.72. The van der Waals surface area contributed by atoms with Crippen LogP contribution < -0.4 is 10.6 Å². The summed E-state index contributed by atoms with van der Waals surface area (Å²) in [6, 6.07) is 7.85. The van der Waals surface area contributed by atoms with Crippen LogP contribution in [0.3, 0.4) is 0 Å². The molecule has 132 valence electrons. The van der Waals surface area contributed by atoms with Gasteiger partial charge in [-0.2, -0.15) is 5.26 Å². The van der Waals surface area contributed by atoms with Crippen LogP contribution in [-0.2, 0) is 0 Å². The van der Waals surface area contributed by atoms with Gasteiger partial charge in [-0.25, -0.2) is 9.37 Å². The number of rotatable bonds is 5. The molecule has 0 atom stereocenters. The number of carbonyl (C=O) groups is 1. The Morgan fingerprint density at radius 3 is 2.92 bits per heavy atom. The number of aromatic nitrogens is 2. The average molecular weight is 353 g/mol. The third-order valence-corrected chi connectivity index (χ3v) is 3.84. The molecule has 0 fully saturated rings. The molecule has 0 aliphatic carbocycles. The van der Waals surface area contributed by atoms with Gasteiger partial charge in [0.1, 0.15) is 17.4 Å². The minimum absolute atomic E-state index is 0.0506. The predicted octanol–water partition coefficient (Wildman–Crippen LogP) is 2.69. The minimum atomic E-state index is -0.584. The smallest absolute Gasteiger partial charge is 0.258 e. The third kappa shape index (κ3) is 3.32. The van der Waals surface area contributed by atoms with Crippen LogP contribution in [0.2, 0.25) is 0 Å². The number of anilines is 1. The van der Waals surface area contributed by atoms with Crippen molar-refractivity contribution in [1.82, 2.24) is 15.5 Å². The zero-order valence-corrected chi connectivity index (χ0v) is 14.3. The van der Waals surface area contributed by atoms with Crippen molar-refractivity contribution in [3.8, 4) is 6.07 Å². The number of hydrogen-bond acceptors (Lipinski definition) is 6. The Balaban J connectivity index is 1.67. The van der Waals surface area contributed by atoms with Crippen LogP contribution in [0.1, 0.15) is 27.3 Å². The van der Waals surface area contributed by atoms with Crippen molar-refractivity contribution < 1.29 is 13.7 Å². The Bertz CT molecular complexity index is 1020. The molecule has 1 aromatic carbocycles. The van der Waals surface area contributed by atoms with Crippen LogP contribution in [-0.4, -0.2) is 29.1 Å². The van der Waals surface area contributed by atoms with Crippen LogP contribution in [0, 0.1) is 31.0 Å². The fourth-order valence-electron chi connectivity index (χ4n) is 2.65. The van der Waals surface area contributed by atoms with E-state index in [0.29, 0.717) is 40.3 Å². The number of nitriles is 1. The highest BCUT2D eigenvalue weighted by molar-refractivity contribution is 6.06. The molecular formula is C18H16FN5O2. The summed E-state index contributed by atoms with van der Waals surface area (Å²) in [6.45, 7) is 4.13. The van der Waals surface area contributed by atoms with E-state index in [9.17, 15) is 9.18 Å². The summed E-state index contributed by atoms with van der Waals surface area (Å²) in [4.78, 5) is 16.7. The Morgan fingerprint density at radius 1 is 1.35 bits per heavy atom. The average Bonchev–Trinajstić information content (AvgIpc) is 2.98. The number of nitrogens with zero attached hydrogens (tertiary/aromatic N) is 3. The highest BCUT2D eigenvalue weighted by Crippen LogP contribution is 2.21. The number of pyridine rings is 1. The van der Waals surface area contributed by atoms with Crippen molar-refractivity contribution >= 4 is 22.7 Å². The van der Waals surface area contributed by atoms with Crippen molar-refractivity contribution in [2.75, 3.05) is 18.4 Å². The molecule has 0 aliphatic heterocycles. The molecular weight excluding hydrogens is 337 g/mol. The van der Waals surface area contributed by atoms with Gasteiger partial charge in [0.25, 0.3) is 11.6 Å². The predicted molar refractivity (Wildman–Crippen MR) is 93.2 cm³/mol. The quantitative estimate of drug-likeness (QED) is 0.684. The topological polar surface area (TPSA) is 104 Å². The molecule has 3 rings (SSSR count). The zero-order chi connectivity index (χ0) is 18.7. The molecule has 0 saturated heterocycles. The first-order chi connectivity index (χ1) is 12.5. The maximum Gasteiger partial charge on any atom is 0.258 e. The van der Waals surface area contributed by atoms with E-state index in [0.717, 1.165) is 0 Å². The van der Waals surface area contributed by atoms with Crippen LogP contribution in [0.25, 0.3) is 11.1 Å². The van der Waals surface area contributed by atoms with E-state index in [1.165, 1.54) is 12.1 Å².